The van der Waals surface area contributed by atoms with Gasteiger partial charge in [0.15, 0.2) is 0 Å². The number of carbonyl (C=O) groups is 1. The van der Waals surface area contributed by atoms with E-state index in [0.29, 0.717) is 11.4 Å². The van der Waals surface area contributed by atoms with E-state index in [9.17, 15) is 4.79 Å². The van der Waals surface area contributed by atoms with Crippen molar-refractivity contribution in [2.75, 3.05) is 5.32 Å². The second-order valence-corrected chi connectivity index (χ2v) is 8.31. The lowest BCUT2D eigenvalue weighted by atomic mass is 10.1. The zero-order valence-corrected chi connectivity index (χ0v) is 17.9. The van der Waals surface area contributed by atoms with Crippen LogP contribution in [0.15, 0.2) is 84.2 Å². The number of thiazole rings is 1. The van der Waals surface area contributed by atoms with Gasteiger partial charge in [-0.05, 0) is 42.7 Å². The highest BCUT2D eigenvalue weighted by Gasteiger charge is 2.09. The van der Waals surface area contributed by atoms with Gasteiger partial charge in [-0.1, -0.05) is 66.2 Å². The Morgan fingerprint density at radius 2 is 1.73 bits per heavy atom. The summed E-state index contributed by atoms with van der Waals surface area (Å²) in [5.74, 6) is 0.0308. The zero-order chi connectivity index (χ0) is 20.8. The lowest BCUT2D eigenvalue weighted by Crippen LogP contribution is -2.11. The smallest absolute Gasteiger partial charge is 0.224 e. The summed E-state index contributed by atoms with van der Waals surface area (Å²) in [4.78, 5) is 17.1. The van der Waals surface area contributed by atoms with E-state index in [0.717, 1.165) is 40.4 Å². The third-order valence-electron chi connectivity index (χ3n) is 4.75. The standard InChI is InChI=1S/C25H21ClN2OS/c26-21-14-12-19(13-15-21)25-28-23(17-30-25)20-9-5-10-22(16-20)27-24(29)11-4-8-18-6-2-1-3-7-18/h1-3,5-7,9-10,12-17H,4,8,11H2,(H,27,29). The van der Waals surface area contributed by atoms with E-state index in [1.807, 2.05) is 72.1 Å². The van der Waals surface area contributed by atoms with E-state index in [1.54, 1.807) is 11.3 Å². The first-order valence-corrected chi connectivity index (χ1v) is 11.1. The molecule has 1 amide bonds. The lowest BCUT2D eigenvalue weighted by Gasteiger charge is -2.07. The Morgan fingerprint density at radius 1 is 0.933 bits per heavy atom. The maximum Gasteiger partial charge on any atom is 0.224 e. The predicted octanol–water partition coefficient (Wildman–Crippen LogP) is 7.09. The number of anilines is 1. The number of halogens is 1. The van der Waals surface area contributed by atoms with Crippen LogP contribution in [0, 0.1) is 0 Å². The molecule has 1 aromatic heterocycles. The predicted molar refractivity (Wildman–Crippen MR) is 126 cm³/mol. The van der Waals surface area contributed by atoms with Crippen molar-refractivity contribution in [1.82, 2.24) is 4.98 Å². The van der Waals surface area contributed by atoms with Crippen molar-refractivity contribution in [3.05, 3.63) is 94.8 Å². The van der Waals surface area contributed by atoms with E-state index in [2.05, 4.69) is 17.4 Å². The minimum absolute atomic E-state index is 0.0308. The van der Waals surface area contributed by atoms with Crippen LogP contribution in [0.2, 0.25) is 5.02 Å². The van der Waals surface area contributed by atoms with Gasteiger partial charge in [0.1, 0.15) is 5.01 Å². The number of aryl methyl sites for hydroxylation is 1. The number of rotatable bonds is 7. The monoisotopic (exact) mass is 432 g/mol. The molecular weight excluding hydrogens is 412 g/mol. The van der Waals surface area contributed by atoms with Gasteiger partial charge in [0.05, 0.1) is 5.69 Å². The number of benzene rings is 3. The van der Waals surface area contributed by atoms with E-state index >= 15 is 0 Å². The average Bonchev–Trinajstić information content (AvgIpc) is 3.26. The van der Waals surface area contributed by atoms with Crippen molar-refractivity contribution in [2.24, 2.45) is 0 Å². The van der Waals surface area contributed by atoms with E-state index in [4.69, 9.17) is 16.6 Å². The third-order valence-corrected chi connectivity index (χ3v) is 5.89. The largest absolute Gasteiger partial charge is 0.326 e. The van der Waals surface area contributed by atoms with Crippen LogP contribution in [0.25, 0.3) is 21.8 Å². The van der Waals surface area contributed by atoms with Crippen molar-refractivity contribution in [1.29, 1.82) is 0 Å². The molecule has 5 heteroatoms. The van der Waals surface area contributed by atoms with Gasteiger partial charge in [-0.15, -0.1) is 11.3 Å². The van der Waals surface area contributed by atoms with Crippen LogP contribution in [0.5, 0.6) is 0 Å². The molecular formula is C25H21ClN2OS. The molecule has 0 bridgehead atoms. The minimum Gasteiger partial charge on any atom is -0.326 e. The molecule has 30 heavy (non-hydrogen) atoms. The molecule has 1 N–H and O–H groups in total. The van der Waals surface area contributed by atoms with E-state index in [-0.39, 0.29) is 5.91 Å². The van der Waals surface area contributed by atoms with Gasteiger partial charge in [0.25, 0.3) is 0 Å². The van der Waals surface area contributed by atoms with Gasteiger partial charge in [-0.3, -0.25) is 4.79 Å². The third kappa shape index (κ3) is 5.35. The molecule has 1 heterocycles. The van der Waals surface area contributed by atoms with Crippen molar-refractivity contribution in [3.63, 3.8) is 0 Å². The Balaban J connectivity index is 1.38. The van der Waals surface area contributed by atoms with Crippen molar-refractivity contribution >= 4 is 34.5 Å². The number of nitrogens with one attached hydrogen (secondary N) is 1. The fraction of sp³-hybridized carbons (Fsp3) is 0.120. The van der Waals surface area contributed by atoms with Crippen LogP contribution in [0.4, 0.5) is 5.69 Å². The summed E-state index contributed by atoms with van der Waals surface area (Å²) in [6.45, 7) is 0. The Kier molecular flexibility index (Phi) is 6.57. The molecule has 0 aliphatic rings. The molecule has 4 aromatic rings. The highest BCUT2D eigenvalue weighted by molar-refractivity contribution is 7.13. The topological polar surface area (TPSA) is 42.0 Å². The first kappa shape index (κ1) is 20.3. The van der Waals surface area contributed by atoms with E-state index < -0.39 is 0 Å². The van der Waals surface area contributed by atoms with Crippen molar-refractivity contribution in [2.45, 2.75) is 19.3 Å². The Labute approximate surface area is 185 Å². The minimum atomic E-state index is 0.0308. The van der Waals surface area contributed by atoms with Crippen LogP contribution in [-0.4, -0.2) is 10.9 Å². The number of hydrogen-bond donors (Lipinski definition) is 1. The zero-order valence-electron chi connectivity index (χ0n) is 16.3. The molecule has 4 rings (SSSR count). The van der Waals surface area contributed by atoms with Gasteiger partial charge >= 0.3 is 0 Å². The van der Waals surface area contributed by atoms with Crippen LogP contribution in [0.3, 0.4) is 0 Å². The maximum absolute atomic E-state index is 12.3. The van der Waals surface area contributed by atoms with Gasteiger partial charge in [-0.2, -0.15) is 0 Å². The highest BCUT2D eigenvalue weighted by atomic mass is 35.5. The fourth-order valence-electron chi connectivity index (χ4n) is 3.21. The quantitative estimate of drug-likeness (QED) is 0.338. The number of hydrogen-bond acceptors (Lipinski definition) is 3. The molecule has 0 atom stereocenters. The summed E-state index contributed by atoms with van der Waals surface area (Å²) in [6, 6.07) is 25.7. The Bertz CT molecular complexity index is 1120. The van der Waals surface area contributed by atoms with Gasteiger partial charge in [0, 0.05) is 33.6 Å². The summed E-state index contributed by atoms with van der Waals surface area (Å²) < 4.78 is 0. The average molecular weight is 433 g/mol. The molecule has 0 fully saturated rings. The molecule has 3 aromatic carbocycles. The summed E-state index contributed by atoms with van der Waals surface area (Å²) in [6.07, 6.45) is 2.23. The van der Waals surface area contributed by atoms with Crippen LogP contribution in [-0.2, 0) is 11.2 Å². The molecule has 0 spiro atoms. The lowest BCUT2D eigenvalue weighted by molar-refractivity contribution is -0.116. The van der Waals surface area contributed by atoms with Crippen LogP contribution in [0.1, 0.15) is 18.4 Å². The summed E-state index contributed by atoms with van der Waals surface area (Å²) in [7, 11) is 0. The molecule has 0 aliphatic carbocycles. The van der Waals surface area contributed by atoms with Gasteiger partial charge in [0.2, 0.25) is 5.91 Å². The number of aromatic nitrogens is 1. The maximum atomic E-state index is 12.3. The second kappa shape index (κ2) is 9.70. The first-order chi connectivity index (χ1) is 14.7. The van der Waals surface area contributed by atoms with Crippen LogP contribution >= 0.6 is 22.9 Å². The van der Waals surface area contributed by atoms with Gasteiger partial charge < -0.3 is 5.32 Å². The summed E-state index contributed by atoms with van der Waals surface area (Å²) in [5, 5.41) is 6.69. The number of nitrogens with zero attached hydrogens (tertiary/aromatic N) is 1. The Hall–Kier alpha value is -2.95. The normalized spacial score (nSPS) is 10.7. The molecule has 3 nitrogen and oxygen atoms in total. The first-order valence-electron chi connectivity index (χ1n) is 9.83. The van der Waals surface area contributed by atoms with Crippen LogP contribution < -0.4 is 5.32 Å². The summed E-state index contributed by atoms with van der Waals surface area (Å²) >= 11 is 7.56. The second-order valence-electron chi connectivity index (χ2n) is 7.01. The highest BCUT2D eigenvalue weighted by Crippen LogP contribution is 2.30. The SMILES string of the molecule is O=C(CCCc1ccccc1)Nc1cccc(-c2csc(-c3ccc(Cl)cc3)n2)c1. The number of amides is 1. The number of carbonyl (C=O) groups excluding carboxylic acids is 1. The molecule has 0 unspecified atom stereocenters. The molecule has 0 radical (unpaired) electrons. The molecule has 0 saturated heterocycles. The molecule has 150 valence electrons. The molecule has 0 aliphatic heterocycles. The van der Waals surface area contributed by atoms with Crippen molar-refractivity contribution < 1.29 is 4.79 Å². The molecule has 0 saturated carbocycles. The Morgan fingerprint density at radius 3 is 2.53 bits per heavy atom. The van der Waals surface area contributed by atoms with E-state index in [1.165, 1.54) is 5.56 Å². The summed E-state index contributed by atoms with van der Waals surface area (Å²) in [5.41, 5.74) is 4.96. The van der Waals surface area contributed by atoms with Gasteiger partial charge in [-0.25, -0.2) is 4.98 Å². The fourth-order valence-corrected chi connectivity index (χ4v) is 4.17. The van der Waals surface area contributed by atoms with Crippen molar-refractivity contribution in [3.8, 4) is 21.8 Å².